The maximum Gasteiger partial charge on any atom is 0.279 e. The van der Waals surface area contributed by atoms with Crippen molar-refractivity contribution in [1.82, 2.24) is 19.5 Å². The number of hydrogen-bond acceptors (Lipinski definition) is 5. The van der Waals surface area contributed by atoms with Gasteiger partial charge in [0.25, 0.3) is 5.89 Å². The van der Waals surface area contributed by atoms with Crippen LogP contribution in [0.3, 0.4) is 0 Å². The summed E-state index contributed by atoms with van der Waals surface area (Å²) >= 11 is 0. The van der Waals surface area contributed by atoms with Crippen LogP contribution in [0.2, 0.25) is 0 Å². The summed E-state index contributed by atoms with van der Waals surface area (Å²) in [5.41, 5.74) is 2.38. The molecule has 0 aliphatic rings. The van der Waals surface area contributed by atoms with Gasteiger partial charge in [-0.2, -0.15) is 9.71 Å². The molecule has 0 radical (unpaired) electrons. The highest BCUT2D eigenvalue weighted by Gasteiger charge is 2.24. The van der Waals surface area contributed by atoms with Crippen LogP contribution in [-0.4, -0.2) is 19.5 Å². The molecule has 2 aromatic carbocycles. The van der Waals surface area contributed by atoms with E-state index in [9.17, 15) is 14.0 Å². The summed E-state index contributed by atoms with van der Waals surface area (Å²) in [6.45, 7) is 1.61. The zero-order valence-corrected chi connectivity index (χ0v) is 14.4. The van der Waals surface area contributed by atoms with Gasteiger partial charge in [-0.15, -0.1) is 0 Å². The Kier molecular flexibility index (Phi) is 3.38. The van der Waals surface area contributed by atoms with Crippen LogP contribution >= 0.6 is 0 Å². The second-order valence-electron chi connectivity index (χ2n) is 6.25. The van der Waals surface area contributed by atoms with E-state index < -0.39 is 5.82 Å². The summed E-state index contributed by atoms with van der Waals surface area (Å²) in [6.07, 6.45) is 1.51. The van der Waals surface area contributed by atoms with Crippen LogP contribution in [0.15, 0.2) is 53.3 Å². The van der Waals surface area contributed by atoms with Gasteiger partial charge >= 0.3 is 0 Å². The van der Waals surface area contributed by atoms with Crippen molar-refractivity contribution in [1.29, 1.82) is 0 Å². The SMILES string of the molecule is Cc1c2c(-c3nc(-c4ccc(F)cc4)no3)ncn2c2ccc(F)cc2[n+]1[O-]. The Morgan fingerprint density at radius 3 is 2.61 bits per heavy atom. The highest BCUT2D eigenvalue weighted by molar-refractivity contribution is 5.82. The Balaban J connectivity index is 1.71. The molecule has 9 heteroatoms. The van der Waals surface area contributed by atoms with Gasteiger partial charge in [-0.25, -0.2) is 13.8 Å². The molecule has 0 unspecified atom stereocenters. The van der Waals surface area contributed by atoms with Gasteiger partial charge in [-0.3, -0.25) is 4.40 Å². The van der Waals surface area contributed by atoms with Crippen molar-refractivity contribution >= 4 is 16.6 Å². The molecule has 0 atom stereocenters. The number of aryl methyl sites for hydroxylation is 1. The van der Waals surface area contributed by atoms with E-state index in [-0.39, 0.29) is 23.0 Å². The van der Waals surface area contributed by atoms with E-state index in [1.54, 1.807) is 11.3 Å². The molecule has 5 rings (SSSR count). The molecule has 28 heavy (non-hydrogen) atoms. The summed E-state index contributed by atoms with van der Waals surface area (Å²) < 4.78 is 34.3. The van der Waals surface area contributed by atoms with Crippen molar-refractivity contribution < 1.29 is 18.0 Å². The molecule has 138 valence electrons. The number of hydrogen-bond donors (Lipinski definition) is 0. The molecule has 0 saturated heterocycles. The zero-order chi connectivity index (χ0) is 19.4. The summed E-state index contributed by atoms with van der Waals surface area (Å²) in [5.74, 6) is -0.485. The lowest BCUT2D eigenvalue weighted by molar-refractivity contribution is -0.583. The quantitative estimate of drug-likeness (QED) is 0.347. The van der Waals surface area contributed by atoms with Gasteiger partial charge in [0, 0.05) is 18.6 Å². The fraction of sp³-hybridized carbons (Fsp3) is 0.0526. The Hall–Kier alpha value is -3.88. The minimum atomic E-state index is -0.503. The lowest BCUT2D eigenvalue weighted by Gasteiger charge is -2.08. The molecule has 0 amide bonds. The van der Waals surface area contributed by atoms with E-state index >= 15 is 0 Å². The molecule has 7 nitrogen and oxygen atoms in total. The van der Waals surface area contributed by atoms with Gasteiger partial charge in [0.1, 0.15) is 29.0 Å². The summed E-state index contributed by atoms with van der Waals surface area (Å²) in [4.78, 5) is 8.64. The maximum absolute atomic E-state index is 13.6. The maximum atomic E-state index is 13.6. The summed E-state index contributed by atoms with van der Waals surface area (Å²) in [6, 6.07) is 9.63. The van der Waals surface area contributed by atoms with E-state index in [2.05, 4.69) is 15.1 Å². The first-order valence-electron chi connectivity index (χ1n) is 8.31. The monoisotopic (exact) mass is 379 g/mol. The summed E-state index contributed by atoms with van der Waals surface area (Å²) in [7, 11) is 0. The Bertz CT molecular complexity index is 1360. The average Bonchev–Trinajstić information content (AvgIpc) is 3.34. The van der Waals surface area contributed by atoms with E-state index in [1.165, 1.54) is 48.8 Å². The van der Waals surface area contributed by atoms with Crippen LogP contribution in [0.25, 0.3) is 39.5 Å². The number of halogens is 2. The third-order valence-corrected chi connectivity index (χ3v) is 4.56. The molecule has 0 fully saturated rings. The lowest BCUT2D eigenvalue weighted by Crippen LogP contribution is -2.32. The molecule has 0 spiro atoms. The van der Waals surface area contributed by atoms with E-state index in [0.29, 0.717) is 32.7 Å². The van der Waals surface area contributed by atoms with Gasteiger partial charge in [-0.1, -0.05) is 5.16 Å². The second kappa shape index (κ2) is 5.81. The van der Waals surface area contributed by atoms with Crippen molar-refractivity contribution in [3.05, 3.63) is 71.3 Å². The van der Waals surface area contributed by atoms with Crippen LogP contribution in [0.4, 0.5) is 8.78 Å². The van der Waals surface area contributed by atoms with Gasteiger partial charge in [0.05, 0.1) is 0 Å². The van der Waals surface area contributed by atoms with Crippen molar-refractivity contribution in [2.45, 2.75) is 6.92 Å². The number of aromatic nitrogens is 5. The standard InChI is InChI=1S/C19H11F2N5O2/c1-10-17-16(19-23-18(24-28-19)11-2-4-12(20)5-3-11)22-9-25(17)14-7-6-13(21)8-15(14)26(10)27/h2-9H,1H3. The molecular weight excluding hydrogens is 368 g/mol. The molecule has 0 aliphatic heterocycles. The van der Waals surface area contributed by atoms with Crippen LogP contribution in [0.1, 0.15) is 5.69 Å². The number of benzene rings is 2. The average molecular weight is 379 g/mol. The van der Waals surface area contributed by atoms with Crippen LogP contribution in [-0.2, 0) is 0 Å². The largest absolute Gasteiger partial charge is 0.618 e. The van der Waals surface area contributed by atoms with Gasteiger partial charge in [-0.05, 0) is 36.4 Å². The topological polar surface area (TPSA) is 83.2 Å². The minimum absolute atomic E-state index is 0.117. The Morgan fingerprint density at radius 2 is 1.82 bits per heavy atom. The van der Waals surface area contributed by atoms with Crippen LogP contribution < -0.4 is 4.73 Å². The van der Waals surface area contributed by atoms with Crippen molar-refractivity contribution in [2.75, 3.05) is 0 Å². The first-order valence-corrected chi connectivity index (χ1v) is 8.31. The summed E-state index contributed by atoms with van der Waals surface area (Å²) in [5, 5.41) is 16.6. The van der Waals surface area contributed by atoms with Crippen molar-refractivity contribution in [3.8, 4) is 23.0 Å². The number of imidazole rings is 1. The Morgan fingerprint density at radius 1 is 1.07 bits per heavy atom. The van der Waals surface area contributed by atoms with Gasteiger partial charge in [0.2, 0.25) is 17.0 Å². The minimum Gasteiger partial charge on any atom is -0.618 e. The predicted molar refractivity (Wildman–Crippen MR) is 95.0 cm³/mol. The van der Waals surface area contributed by atoms with Crippen LogP contribution in [0, 0.1) is 23.8 Å². The van der Waals surface area contributed by atoms with E-state index in [1.807, 2.05) is 0 Å². The van der Waals surface area contributed by atoms with Crippen LogP contribution in [0.5, 0.6) is 0 Å². The highest BCUT2D eigenvalue weighted by Crippen LogP contribution is 2.28. The van der Waals surface area contributed by atoms with Crippen molar-refractivity contribution in [3.63, 3.8) is 0 Å². The fourth-order valence-electron chi connectivity index (χ4n) is 3.21. The third-order valence-electron chi connectivity index (χ3n) is 4.56. The molecule has 0 N–H and O–H groups in total. The second-order valence-corrected chi connectivity index (χ2v) is 6.25. The van der Waals surface area contributed by atoms with E-state index in [0.717, 1.165) is 0 Å². The molecule has 3 aromatic heterocycles. The molecule has 0 aliphatic carbocycles. The Labute approximate surface area is 156 Å². The number of fused-ring (bicyclic) bond motifs is 3. The number of rotatable bonds is 2. The third kappa shape index (κ3) is 2.33. The predicted octanol–water partition coefficient (Wildman–Crippen LogP) is 3.42. The fourth-order valence-corrected chi connectivity index (χ4v) is 3.21. The lowest BCUT2D eigenvalue weighted by atomic mass is 10.2. The van der Waals surface area contributed by atoms with Crippen molar-refractivity contribution in [2.24, 2.45) is 0 Å². The smallest absolute Gasteiger partial charge is 0.279 e. The highest BCUT2D eigenvalue weighted by atomic mass is 19.1. The zero-order valence-electron chi connectivity index (χ0n) is 14.4. The van der Waals surface area contributed by atoms with Gasteiger partial charge in [0.15, 0.2) is 5.69 Å². The molecule has 0 saturated carbocycles. The first kappa shape index (κ1) is 16.3. The first-order chi connectivity index (χ1) is 13.5. The molecule has 0 bridgehead atoms. The normalized spacial score (nSPS) is 11.5. The molecule has 5 aromatic rings. The van der Waals surface area contributed by atoms with Gasteiger partial charge < -0.3 is 9.73 Å². The molecule has 3 heterocycles. The molecular formula is C19H11F2N5O2. The van der Waals surface area contributed by atoms with E-state index in [4.69, 9.17) is 4.52 Å². The number of nitrogens with zero attached hydrogens (tertiary/aromatic N) is 5.